The Morgan fingerprint density at radius 2 is 2.04 bits per heavy atom. The van der Waals surface area contributed by atoms with Crippen LogP contribution in [0.2, 0.25) is 0 Å². The maximum absolute atomic E-state index is 12.9. The Labute approximate surface area is 156 Å². The van der Waals surface area contributed by atoms with Gasteiger partial charge in [-0.2, -0.15) is 5.10 Å². The molecule has 0 radical (unpaired) electrons. The van der Waals surface area contributed by atoms with Crippen LogP contribution in [0.5, 0.6) is 0 Å². The number of aryl methyl sites for hydroxylation is 2. The van der Waals surface area contributed by atoms with E-state index in [1.807, 2.05) is 6.92 Å². The number of likely N-dealkylation sites (tertiary alicyclic amines) is 1. The fraction of sp³-hybridized carbons (Fsp3) is 0.800. The van der Waals surface area contributed by atoms with Gasteiger partial charge in [0.2, 0.25) is 5.91 Å². The first kappa shape index (κ1) is 18.0. The second-order valence-corrected chi connectivity index (χ2v) is 9.19. The number of nitrogens with zero attached hydrogens (tertiary/aromatic N) is 3. The van der Waals surface area contributed by atoms with Crippen molar-refractivity contribution >= 4 is 5.91 Å². The van der Waals surface area contributed by atoms with Gasteiger partial charge >= 0.3 is 0 Å². The molecule has 2 N–H and O–H groups in total. The quantitative estimate of drug-likeness (QED) is 0.836. The van der Waals surface area contributed by atoms with Crippen molar-refractivity contribution in [3.05, 3.63) is 17.5 Å². The van der Waals surface area contributed by atoms with Crippen LogP contribution < -0.4 is 10.6 Å². The molecule has 1 atom stereocenters. The van der Waals surface area contributed by atoms with E-state index in [2.05, 4.69) is 45.4 Å². The summed E-state index contributed by atoms with van der Waals surface area (Å²) < 4.78 is 2.11. The van der Waals surface area contributed by atoms with E-state index in [1.165, 1.54) is 31.4 Å². The lowest BCUT2D eigenvalue weighted by atomic mass is 9.77. The van der Waals surface area contributed by atoms with Gasteiger partial charge in [-0.1, -0.05) is 0 Å². The lowest BCUT2D eigenvalue weighted by Crippen LogP contribution is -2.44. The number of carbonyl (C=O) groups is 1. The molecule has 1 aromatic rings. The fourth-order valence-electron chi connectivity index (χ4n) is 4.99. The highest BCUT2D eigenvalue weighted by Gasteiger charge is 2.47. The molecular weight excluding hydrogens is 326 g/mol. The van der Waals surface area contributed by atoms with E-state index in [0.717, 1.165) is 44.8 Å². The zero-order chi connectivity index (χ0) is 18.4. The Balaban J connectivity index is 1.33. The normalized spacial score (nSPS) is 27.0. The van der Waals surface area contributed by atoms with Crippen molar-refractivity contribution in [3.8, 4) is 0 Å². The highest BCUT2D eigenvalue weighted by atomic mass is 16.2. The monoisotopic (exact) mass is 359 g/mol. The third-order valence-corrected chi connectivity index (χ3v) is 6.89. The largest absolute Gasteiger partial charge is 0.354 e. The highest BCUT2D eigenvalue weighted by molar-refractivity contribution is 5.82. The van der Waals surface area contributed by atoms with E-state index in [4.69, 9.17) is 0 Å². The first-order valence-electron chi connectivity index (χ1n) is 10.1. The van der Waals surface area contributed by atoms with Crippen molar-refractivity contribution < 1.29 is 4.79 Å². The molecule has 3 fully saturated rings. The summed E-state index contributed by atoms with van der Waals surface area (Å²) in [6.45, 7) is 9.09. The van der Waals surface area contributed by atoms with E-state index in [-0.39, 0.29) is 17.4 Å². The molecule has 0 unspecified atom stereocenters. The Morgan fingerprint density at radius 1 is 1.31 bits per heavy atom. The van der Waals surface area contributed by atoms with Crippen LogP contribution in [0.4, 0.5) is 0 Å². The van der Waals surface area contributed by atoms with Crippen molar-refractivity contribution in [1.82, 2.24) is 25.3 Å². The van der Waals surface area contributed by atoms with Gasteiger partial charge in [0, 0.05) is 30.7 Å². The zero-order valence-corrected chi connectivity index (χ0v) is 16.5. The van der Waals surface area contributed by atoms with Gasteiger partial charge in [0.25, 0.3) is 0 Å². The van der Waals surface area contributed by atoms with Crippen LogP contribution in [0.3, 0.4) is 0 Å². The highest BCUT2D eigenvalue weighted by Crippen LogP contribution is 2.47. The summed E-state index contributed by atoms with van der Waals surface area (Å²) >= 11 is 0. The molecule has 0 aromatic carbocycles. The number of amides is 1. The number of piperidine rings is 1. The number of nitrogens with one attached hydrogen (secondary N) is 2. The second kappa shape index (κ2) is 6.64. The van der Waals surface area contributed by atoms with Crippen LogP contribution in [0.1, 0.15) is 43.5 Å². The average molecular weight is 360 g/mol. The maximum Gasteiger partial charge on any atom is 0.237 e. The summed E-state index contributed by atoms with van der Waals surface area (Å²) in [5.41, 5.74) is 2.84. The van der Waals surface area contributed by atoms with Gasteiger partial charge in [0.15, 0.2) is 0 Å². The van der Waals surface area contributed by atoms with Crippen LogP contribution in [-0.4, -0.2) is 59.9 Å². The minimum atomic E-state index is 0.0394. The molecule has 3 aliphatic rings. The summed E-state index contributed by atoms with van der Waals surface area (Å²) in [6.07, 6.45) is 5.77. The van der Waals surface area contributed by atoms with E-state index in [9.17, 15) is 4.79 Å². The van der Waals surface area contributed by atoms with Crippen LogP contribution >= 0.6 is 0 Å². The molecule has 1 spiro atoms. The third kappa shape index (κ3) is 3.54. The number of aromatic nitrogens is 2. The molecule has 1 amide bonds. The van der Waals surface area contributed by atoms with E-state index >= 15 is 0 Å². The molecule has 1 aromatic heterocycles. The molecule has 6 nitrogen and oxygen atoms in total. The standard InChI is InChI=1S/C20H33N5O/c1-15-10-16(2)25(23-15)14-20(4-5-20)12-22-18(26)17-11-19(13-24(17)3)6-8-21-9-7-19/h10,17,21H,4-9,11-14H2,1-3H3,(H,22,26)/t17-/m1/s1. The van der Waals surface area contributed by atoms with Crippen molar-refractivity contribution in [3.63, 3.8) is 0 Å². The number of carbonyl (C=O) groups excluding carboxylic acids is 1. The fourth-order valence-corrected chi connectivity index (χ4v) is 4.99. The summed E-state index contributed by atoms with van der Waals surface area (Å²) in [5, 5.41) is 11.3. The Morgan fingerprint density at radius 3 is 2.65 bits per heavy atom. The Bertz CT molecular complexity index is 672. The molecule has 1 aliphatic carbocycles. The average Bonchev–Trinajstić information content (AvgIpc) is 3.20. The Hall–Kier alpha value is -1.40. The number of hydrogen-bond donors (Lipinski definition) is 2. The molecule has 2 aliphatic heterocycles. The van der Waals surface area contributed by atoms with Crippen LogP contribution in [0.15, 0.2) is 6.07 Å². The molecule has 144 valence electrons. The first-order valence-corrected chi connectivity index (χ1v) is 10.1. The number of rotatable bonds is 5. The van der Waals surface area contributed by atoms with E-state index in [0.29, 0.717) is 5.41 Å². The van der Waals surface area contributed by atoms with Gasteiger partial charge in [0.1, 0.15) is 0 Å². The first-order chi connectivity index (χ1) is 12.4. The molecule has 6 heteroatoms. The molecule has 0 bridgehead atoms. The smallest absolute Gasteiger partial charge is 0.237 e. The van der Waals surface area contributed by atoms with Crippen molar-refractivity contribution in [2.75, 3.05) is 33.2 Å². The van der Waals surface area contributed by atoms with Gasteiger partial charge in [-0.05, 0) is 77.6 Å². The van der Waals surface area contributed by atoms with Gasteiger partial charge in [0.05, 0.1) is 11.7 Å². The van der Waals surface area contributed by atoms with E-state index in [1.54, 1.807) is 0 Å². The van der Waals surface area contributed by atoms with Crippen LogP contribution in [0.25, 0.3) is 0 Å². The molecule has 3 heterocycles. The molecule has 4 rings (SSSR count). The van der Waals surface area contributed by atoms with Crippen molar-refractivity contribution in [2.45, 2.75) is 58.5 Å². The third-order valence-electron chi connectivity index (χ3n) is 6.89. The van der Waals surface area contributed by atoms with Gasteiger partial charge < -0.3 is 10.6 Å². The van der Waals surface area contributed by atoms with Crippen LogP contribution in [0, 0.1) is 24.7 Å². The minimum Gasteiger partial charge on any atom is -0.354 e. The predicted octanol–water partition coefficient (Wildman–Crippen LogP) is 1.47. The van der Waals surface area contributed by atoms with Gasteiger partial charge in [-0.25, -0.2) is 0 Å². The number of likely N-dealkylation sites (N-methyl/N-ethyl adjacent to an activating group) is 1. The van der Waals surface area contributed by atoms with E-state index < -0.39 is 0 Å². The number of hydrogen-bond acceptors (Lipinski definition) is 4. The lowest BCUT2D eigenvalue weighted by molar-refractivity contribution is -0.125. The predicted molar refractivity (Wildman–Crippen MR) is 102 cm³/mol. The molecule has 2 saturated heterocycles. The summed E-state index contributed by atoms with van der Waals surface area (Å²) in [5.74, 6) is 0.225. The zero-order valence-electron chi connectivity index (χ0n) is 16.5. The Kier molecular flexibility index (Phi) is 4.59. The SMILES string of the molecule is Cc1cc(C)n(CC2(CNC(=O)[C@H]3CC4(CCNCC4)CN3C)CC2)n1. The second-order valence-electron chi connectivity index (χ2n) is 9.19. The van der Waals surface area contributed by atoms with Crippen molar-refractivity contribution in [2.24, 2.45) is 10.8 Å². The summed E-state index contributed by atoms with van der Waals surface area (Å²) in [4.78, 5) is 15.2. The molecule has 1 saturated carbocycles. The van der Waals surface area contributed by atoms with Gasteiger partial charge in [-0.15, -0.1) is 0 Å². The molecular formula is C20H33N5O. The summed E-state index contributed by atoms with van der Waals surface area (Å²) in [6, 6.07) is 2.17. The minimum absolute atomic E-state index is 0.0394. The van der Waals surface area contributed by atoms with Gasteiger partial charge in [-0.3, -0.25) is 14.4 Å². The lowest BCUT2D eigenvalue weighted by Gasteiger charge is -2.33. The molecule has 26 heavy (non-hydrogen) atoms. The summed E-state index contributed by atoms with van der Waals surface area (Å²) in [7, 11) is 2.11. The maximum atomic E-state index is 12.9. The topological polar surface area (TPSA) is 62.2 Å². The van der Waals surface area contributed by atoms with Crippen LogP contribution in [-0.2, 0) is 11.3 Å². The van der Waals surface area contributed by atoms with Crippen molar-refractivity contribution in [1.29, 1.82) is 0 Å².